The molecular formula is C18H14BrFN2OS2. The zero-order valence-electron chi connectivity index (χ0n) is 13.5. The van der Waals surface area contributed by atoms with E-state index < -0.39 is 5.82 Å². The molecule has 1 fully saturated rings. The van der Waals surface area contributed by atoms with Crippen molar-refractivity contribution in [2.24, 2.45) is 0 Å². The Kier molecular flexibility index (Phi) is 5.27. The van der Waals surface area contributed by atoms with Crippen molar-refractivity contribution in [3.8, 4) is 0 Å². The standard InChI is InChI=1S/C18H14BrFN2OS2/c1-21(2)14-8-7-11(9-12(14)19)10-16-17(23)22(18(24)25-16)15-6-4-3-5-13(15)20/h3-10H,1-2H3/b16-10+. The molecule has 1 aliphatic heterocycles. The molecule has 1 saturated heterocycles. The Morgan fingerprint density at radius 3 is 2.60 bits per heavy atom. The molecule has 0 aliphatic carbocycles. The first-order valence-electron chi connectivity index (χ1n) is 7.38. The van der Waals surface area contributed by atoms with Gasteiger partial charge < -0.3 is 4.90 Å². The number of thiocarbonyl (C=S) groups is 1. The SMILES string of the molecule is CN(C)c1ccc(/C=C2/SC(=S)N(c3ccccc3F)C2=O)cc1Br. The predicted octanol–water partition coefficient (Wildman–Crippen LogP) is 5.06. The van der Waals surface area contributed by atoms with Crippen molar-refractivity contribution < 1.29 is 9.18 Å². The van der Waals surface area contributed by atoms with E-state index in [2.05, 4.69) is 15.9 Å². The van der Waals surface area contributed by atoms with Crippen molar-refractivity contribution in [1.82, 2.24) is 0 Å². The van der Waals surface area contributed by atoms with Gasteiger partial charge >= 0.3 is 0 Å². The smallest absolute Gasteiger partial charge is 0.270 e. The predicted molar refractivity (Wildman–Crippen MR) is 111 cm³/mol. The minimum absolute atomic E-state index is 0.178. The van der Waals surface area contributed by atoms with Gasteiger partial charge in [-0.25, -0.2) is 4.39 Å². The zero-order valence-corrected chi connectivity index (χ0v) is 16.7. The average Bonchev–Trinajstić information content (AvgIpc) is 2.82. The Hall–Kier alpha value is -1.70. The number of nitrogens with zero attached hydrogens (tertiary/aromatic N) is 2. The van der Waals surface area contributed by atoms with Crippen LogP contribution in [-0.4, -0.2) is 24.3 Å². The van der Waals surface area contributed by atoms with E-state index in [-0.39, 0.29) is 11.6 Å². The van der Waals surface area contributed by atoms with Gasteiger partial charge in [-0.3, -0.25) is 9.69 Å². The summed E-state index contributed by atoms with van der Waals surface area (Å²) in [5.74, 6) is -0.786. The minimum atomic E-state index is -0.474. The molecule has 0 bridgehead atoms. The lowest BCUT2D eigenvalue weighted by Gasteiger charge is -2.15. The van der Waals surface area contributed by atoms with Crippen molar-refractivity contribution in [3.63, 3.8) is 0 Å². The summed E-state index contributed by atoms with van der Waals surface area (Å²) in [6.45, 7) is 0. The molecule has 0 atom stereocenters. The maximum Gasteiger partial charge on any atom is 0.270 e. The van der Waals surface area contributed by atoms with Gasteiger partial charge in [0.1, 0.15) is 5.82 Å². The van der Waals surface area contributed by atoms with Crippen LogP contribution in [0.3, 0.4) is 0 Å². The highest BCUT2D eigenvalue weighted by molar-refractivity contribution is 9.10. The van der Waals surface area contributed by atoms with Crippen LogP contribution in [0.4, 0.5) is 15.8 Å². The molecule has 0 N–H and O–H groups in total. The van der Waals surface area contributed by atoms with Crippen molar-refractivity contribution >= 4 is 67.6 Å². The molecule has 1 aliphatic rings. The zero-order chi connectivity index (χ0) is 18.1. The molecule has 1 heterocycles. The fourth-order valence-corrected chi connectivity index (χ4v) is 4.47. The maximum absolute atomic E-state index is 14.0. The van der Waals surface area contributed by atoms with E-state index in [1.165, 1.54) is 22.7 Å². The van der Waals surface area contributed by atoms with Gasteiger partial charge in [0.15, 0.2) is 4.32 Å². The van der Waals surface area contributed by atoms with E-state index in [9.17, 15) is 9.18 Å². The normalized spacial score (nSPS) is 16.0. The summed E-state index contributed by atoms with van der Waals surface area (Å²) in [7, 11) is 3.92. The number of hydrogen-bond donors (Lipinski definition) is 0. The summed E-state index contributed by atoms with van der Waals surface area (Å²) >= 11 is 9.98. The van der Waals surface area contributed by atoms with Crippen LogP contribution in [0.5, 0.6) is 0 Å². The number of anilines is 2. The second kappa shape index (κ2) is 7.27. The second-order valence-electron chi connectivity index (χ2n) is 5.57. The van der Waals surface area contributed by atoms with Crippen LogP contribution in [0.2, 0.25) is 0 Å². The molecule has 0 spiro atoms. The highest BCUT2D eigenvalue weighted by Gasteiger charge is 2.34. The number of carbonyl (C=O) groups excluding carboxylic acids is 1. The summed E-state index contributed by atoms with van der Waals surface area (Å²) < 4.78 is 15.3. The Morgan fingerprint density at radius 1 is 1.24 bits per heavy atom. The number of carbonyl (C=O) groups is 1. The van der Waals surface area contributed by atoms with Crippen LogP contribution >= 0.6 is 39.9 Å². The van der Waals surface area contributed by atoms with Gasteiger partial charge in [-0.1, -0.05) is 42.2 Å². The molecule has 2 aromatic carbocycles. The molecule has 128 valence electrons. The van der Waals surface area contributed by atoms with Gasteiger partial charge in [0, 0.05) is 18.6 Å². The number of halogens is 2. The highest BCUT2D eigenvalue weighted by Crippen LogP contribution is 2.37. The minimum Gasteiger partial charge on any atom is -0.377 e. The molecule has 1 amide bonds. The number of amides is 1. The molecule has 0 saturated carbocycles. The number of rotatable bonds is 3. The third kappa shape index (κ3) is 3.63. The maximum atomic E-state index is 14.0. The van der Waals surface area contributed by atoms with Crippen LogP contribution < -0.4 is 9.80 Å². The molecular weight excluding hydrogens is 423 g/mol. The van der Waals surface area contributed by atoms with Gasteiger partial charge in [0.25, 0.3) is 5.91 Å². The van der Waals surface area contributed by atoms with E-state index in [1.807, 2.05) is 37.2 Å². The van der Waals surface area contributed by atoms with Gasteiger partial charge in [-0.2, -0.15) is 0 Å². The Balaban J connectivity index is 1.93. The Bertz CT molecular complexity index is 898. The van der Waals surface area contributed by atoms with Crippen LogP contribution in [0.25, 0.3) is 6.08 Å². The van der Waals surface area contributed by atoms with Crippen LogP contribution in [0.1, 0.15) is 5.56 Å². The summed E-state index contributed by atoms with van der Waals surface area (Å²) in [4.78, 5) is 16.4. The lowest BCUT2D eigenvalue weighted by Crippen LogP contribution is -2.28. The van der Waals surface area contributed by atoms with Crippen molar-refractivity contribution in [2.75, 3.05) is 23.9 Å². The van der Waals surface area contributed by atoms with E-state index in [0.717, 1.165) is 15.7 Å². The first-order chi connectivity index (χ1) is 11.9. The molecule has 3 rings (SSSR count). The fraction of sp³-hybridized carbons (Fsp3) is 0.111. The van der Waals surface area contributed by atoms with Crippen molar-refractivity contribution in [1.29, 1.82) is 0 Å². The second-order valence-corrected chi connectivity index (χ2v) is 8.10. The average molecular weight is 437 g/mol. The molecule has 7 heteroatoms. The van der Waals surface area contributed by atoms with Gasteiger partial charge in [0.2, 0.25) is 0 Å². The first-order valence-corrected chi connectivity index (χ1v) is 9.39. The first kappa shape index (κ1) is 18.1. The number of benzene rings is 2. The summed E-state index contributed by atoms with van der Waals surface area (Å²) in [6, 6.07) is 11.9. The molecule has 25 heavy (non-hydrogen) atoms. The van der Waals surface area contributed by atoms with Crippen molar-refractivity contribution in [2.45, 2.75) is 0 Å². The topological polar surface area (TPSA) is 23.6 Å². The Morgan fingerprint density at radius 2 is 1.96 bits per heavy atom. The molecule has 0 unspecified atom stereocenters. The molecule has 0 radical (unpaired) electrons. The van der Waals surface area contributed by atoms with E-state index in [1.54, 1.807) is 24.3 Å². The molecule has 2 aromatic rings. The van der Waals surface area contributed by atoms with Gasteiger partial charge in [0.05, 0.1) is 16.3 Å². The Labute approximate surface area is 163 Å². The van der Waals surface area contributed by atoms with Crippen LogP contribution in [0.15, 0.2) is 51.8 Å². The number of hydrogen-bond acceptors (Lipinski definition) is 4. The van der Waals surface area contributed by atoms with Gasteiger partial charge in [-0.15, -0.1) is 0 Å². The highest BCUT2D eigenvalue weighted by atomic mass is 79.9. The molecule has 3 nitrogen and oxygen atoms in total. The molecule has 0 aromatic heterocycles. The number of para-hydroxylation sites is 1. The van der Waals surface area contributed by atoms with Crippen molar-refractivity contribution in [3.05, 3.63) is 63.2 Å². The van der Waals surface area contributed by atoms with E-state index in [0.29, 0.717) is 9.23 Å². The quantitative estimate of drug-likeness (QED) is 0.495. The number of thioether (sulfide) groups is 1. The summed E-state index contributed by atoms with van der Waals surface area (Å²) in [5.41, 5.74) is 2.08. The van der Waals surface area contributed by atoms with Crippen LogP contribution in [-0.2, 0) is 4.79 Å². The lowest BCUT2D eigenvalue weighted by atomic mass is 10.2. The largest absolute Gasteiger partial charge is 0.377 e. The monoisotopic (exact) mass is 436 g/mol. The summed E-state index contributed by atoms with van der Waals surface area (Å²) in [6.07, 6.45) is 1.77. The van der Waals surface area contributed by atoms with E-state index in [4.69, 9.17) is 12.2 Å². The van der Waals surface area contributed by atoms with Gasteiger partial charge in [-0.05, 0) is 51.8 Å². The fourth-order valence-electron chi connectivity index (χ4n) is 2.44. The lowest BCUT2D eigenvalue weighted by molar-refractivity contribution is -0.113. The third-order valence-electron chi connectivity index (χ3n) is 3.64. The third-order valence-corrected chi connectivity index (χ3v) is 5.58. The van der Waals surface area contributed by atoms with E-state index >= 15 is 0 Å². The van der Waals surface area contributed by atoms with Crippen LogP contribution in [0, 0.1) is 5.82 Å². The summed E-state index contributed by atoms with van der Waals surface area (Å²) in [5, 5.41) is 0.